The van der Waals surface area contributed by atoms with Gasteiger partial charge in [0.05, 0.1) is 5.56 Å². The van der Waals surface area contributed by atoms with Gasteiger partial charge in [-0.15, -0.1) is 0 Å². The van der Waals surface area contributed by atoms with E-state index in [2.05, 4.69) is 59.9 Å². The summed E-state index contributed by atoms with van der Waals surface area (Å²) < 4.78 is 3.41. The van der Waals surface area contributed by atoms with E-state index in [0.717, 1.165) is 33.7 Å². The van der Waals surface area contributed by atoms with E-state index in [9.17, 15) is 0 Å². The molecule has 29 heavy (non-hydrogen) atoms. The Labute approximate surface area is 170 Å². The maximum absolute atomic E-state index is 4.81. The van der Waals surface area contributed by atoms with Gasteiger partial charge in [0.1, 0.15) is 7.11 Å². The summed E-state index contributed by atoms with van der Waals surface area (Å²) in [7, 11) is 2.05. The second-order valence-corrected chi connectivity index (χ2v) is 7.21. The first-order valence-electron chi connectivity index (χ1n) is 9.68. The number of benzene rings is 1. The van der Waals surface area contributed by atoms with Gasteiger partial charge in [-0.3, -0.25) is 15.0 Å². The number of fused-ring (bicyclic) bond motifs is 1. The number of hydrogen-bond acceptors (Lipinski definition) is 3. The van der Waals surface area contributed by atoms with E-state index in [1.807, 2.05) is 55.0 Å². The first-order chi connectivity index (χ1) is 14.3. The van der Waals surface area contributed by atoms with Crippen LogP contribution in [0.5, 0.6) is 5.75 Å². The fourth-order valence-corrected chi connectivity index (χ4v) is 4.44. The number of pyridine rings is 3. The van der Waals surface area contributed by atoms with E-state index in [1.165, 1.54) is 0 Å². The summed E-state index contributed by atoms with van der Waals surface area (Å²) in [4.78, 5) is 14.3. The molecule has 140 valence electrons. The Kier molecular flexibility index (Phi) is 4.21. The van der Waals surface area contributed by atoms with Crippen molar-refractivity contribution in [3.8, 4) is 5.75 Å². The van der Waals surface area contributed by atoms with Crippen LogP contribution in [0.25, 0.3) is 11.5 Å². The number of rotatable bonds is 3. The minimum absolute atomic E-state index is 0.914. The molecule has 0 atom stereocenters. The van der Waals surface area contributed by atoms with Gasteiger partial charge in [0, 0.05) is 30.4 Å². The van der Waals surface area contributed by atoms with E-state index in [-0.39, 0.29) is 0 Å². The van der Waals surface area contributed by atoms with Gasteiger partial charge >= 0.3 is 6.35 Å². The Morgan fingerprint density at radius 2 is 1.24 bits per heavy atom. The molecule has 0 spiro atoms. The van der Waals surface area contributed by atoms with Gasteiger partial charge < -0.3 is 4.28 Å². The monoisotopic (exact) mass is 377 g/mol. The summed E-state index contributed by atoms with van der Waals surface area (Å²) in [6, 6.07) is 26.4. The third kappa shape index (κ3) is 2.66. The molecule has 1 aliphatic rings. The van der Waals surface area contributed by atoms with Crippen molar-refractivity contribution < 1.29 is 4.28 Å². The van der Waals surface area contributed by atoms with E-state index >= 15 is 0 Å². The molecule has 0 unspecified atom stereocenters. The molecule has 0 saturated carbocycles. The quantitative estimate of drug-likeness (QED) is 0.405. The van der Waals surface area contributed by atoms with Crippen LogP contribution < -0.4 is 11.2 Å². The molecule has 4 aromatic rings. The van der Waals surface area contributed by atoms with Gasteiger partial charge in [0.15, 0.2) is 0 Å². The summed E-state index contributed by atoms with van der Waals surface area (Å²) in [6.07, 6.45) is 6.03. The molecule has 0 bridgehead atoms. The molecule has 5 rings (SSSR count). The maximum Gasteiger partial charge on any atom is 0.450 e. The first kappa shape index (κ1) is 17.4. The lowest BCUT2D eigenvalue weighted by atomic mass is 9.28. The summed E-state index contributed by atoms with van der Waals surface area (Å²) in [5.41, 5.74) is 4.99. The average Bonchev–Trinajstić information content (AvgIpc) is 2.81. The van der Waals surface area contributed by atoms with Crippen LogP contribution in [0, 0.1) is 0 Å². The van der Waals surface area contributed by atoms with Crippen LogP contribution in [0.1, 0.15) is 11.3 Å². The number of nitrogens with zero attached hydrogens (tertiary/aromatic N) is 3. The predicted molar refractivity (Wildman–Crippen MR) is 119 cm³/mol. The minimum atomic E-state index is -1.71. The number of para-hydroxylation sites is 1. The Hall–Kier alpha value is -3.73. The van der Waals surface area contributed by atoms with Crippen LogP contribution in [0.15, 0.2) is 97.5 Å². The molecular formula is C24H20BN3O. The van der Waals surface area contributed by atoms with Crippen molar-refractivity contribution in [1.29, 1.82) is 0 Å². The molecule has 0 fully saturated rings. The Bertz CT molecular complexity index is 1120. The van der Waals surface area contributed by atoms with Crippen LogP contribution in [-0.2, 0) is 4.28 Å². The Morgan fingerprint density at radius 3 is 1.83 bits per heavy atom. The zero-order valence-corrected chi connectivity index (χ0v) is 16.1. The molecule has 4 nitrogen and oxygen atoms in total. The summed E-state index contributed by atoms with van der Waals surface area (Å²) >= 11 is 0. The van der Waals surface area contributed by atoms with E-state index in [0.29, 0.717) is 0 Å². The molecule has 0 radical (unpaired) electrons. The highest BCUT2D eigenvalue weighted by Crippen LogP contribution is 2.44. The predicted octanol–water partition coefficient (Wildman–Crippen LogP) is 3.62. The molecule has 1 aliphatic heterocycles. The van der Waals surface area contributed by atoms with Gasteiger partial charge in [-0.05, 0) is 41.5 Å². The Morgan fingerprint density at radius 1 is 0.655 bits per heavy atom. The molecule has 0 amide bonds. The van der Waals surface area contributed by atoms with Crippen LogP contribution in [0.4, 0.5) is 0 Å². The van der Waals surface area contributed by atoms with Gasteiger partial charge in [-0.25, -0.2) is 0 Å². The lowest BCUT2D eigenvalue weighted by Crippen LogP contribution is -2.67. The number of aromatic nitrogens is 3. The SMILES string of the molecule is C[O+]1c2ccccc2C=C(c2ccccn2)[B-]1(c1ccccn1)c1ccccn1. The molecule has 5 heteroatoms. The molecule has 3 aromatic heterocycles. The van der Waals surface area contributed by atoms with Crippen molar-refractivity contribution in [3.05, 3.63) is 109 Å². The van der Waals surface area contributed by atoms with Gasteiger partial charge in [-0.1, -0.05) is 54.0 Å². The highest BCUT2D eigenvalue weighted by Gasteiger charge is 2.52. The summed E-state index contributed by atoms with van der Waals surface area (Å²) in [6.45, 7) is 0. The highest BCUT2D eigenvalue weighted by molar-refractivity contribution is 7.11. The van der Waals surface area contributed by atoms with Crippen LogP contribution in [0.2, 0.25) is 0 Å². The van der Waals surface area contributed by atoms with Crippen molar-refractivity contribution in [3.63, 3.8) is 0 Å². The second kappa shape index (κ2) is 7.02. The third-order valence-electron chi connectivity index (χ3n) is 5.71. The van der Waals surface area contributed by atoms with Crippen molar-refractivity contribution in [2.45, 2.75) is 0 Å². The van der Waals surface area contributed by atoms with E-state index in [1.54, 1.807) is 0 Å². The zero-order chi connectivity index (χ0) is 19.7. The molecule has 0 N–H and O–H groups in total. The lowest BCUT2D eigenvalue weighted by Gasteiger charge is -2.52. The Balaban J connectivity index is 1.91. The van der Waals surface area contributed by atoms with Crippen LogP contribution >= 0.6 is 0 Å². The number of hydrogen-bond donors (Lipinski definition) is 0. The van der Waals surface area contributed by atoms with Crippen LogP contribution in [0.3, 0.4) is 0 Å². The molecule has 1 aromatic carbocycles. The van der Waals surface area contributed by atoms with E-state index < -0.39 is 6.35 Å². The third-order valence-corrected chi connectivity index (χ3v) is 5.71. The fraction of sp³-hybridized carbons (Fsp3) is 0.0417. The maximum atomic E-state index is 4.81. The van der Waals surface area contributed by atoms with Crippen molar-refractivity contribution >= 4 is 29.1 Å². The second-order valence-electron chi connectivity index (χ2n) is 7.21. The van der Waals surface area contributed by atoms with Gasteiger partial charge in [0.2, 0.25) is 5.75 Å². The minimum Gasteiger partial charge on any atom is -0.809 e. The lowest BCUT2D eigenvalue weighted by molar-refractivity contribution is 0.173. The normalized spacial score (nSPS) is 14.8. The van der Waals surface area contributed by atoms with Crippen LogP contribution in [-0.4, -0.2) is 28.4 Å². The summed E-state index contributed by atoms with van der Waals surface area (Å²) in [5, 5.41) is 0. The van der Waals surface area contributed by atoms with Crippen molar-refractivity contribution in [2.75, 3.05) is 7.11 Å². The highest BCUT2D eigenvalue weighted by atomic mass is 16.6. The summed E-state index contributed by atoms with van der Waals surface area (Å²) in [5.74, 6) is 1.07. The first-order valence-corrected chi connectivity index (χ1v) is 9.68. The fourth-order valence-electron chi connectivity index (χ4n) is 4.44. The van der Waals surface area contributed by atoms with Gasteiger partial charge in [-0.2, -0.15) is 0 Å². The largest absolute Gasteiger partial charge is 0.809 e. The topological polar surface area (TPSA) is 41.4 Å². The standard InChI is InChI=1S/C24H20BN3O/c1-29-22-12-3-2-10-19(22)18-20(21-11-4-7-15-26-21)25(29,23-13-5-8-16-27-23)24-14-6-9-17-28-24/h2-18H,1H3. The zero-order valence-electron chi connectivity index (χ0n) is 16.1. The average molecular weight is 377 g/mol. The van der Waals surface area contributed by atoms with Crippen molar-refractivity contribution in [2.24, 2.45) is 0 Å². The molecule has 0 saturated heterocycles. The van der Waals surface area contributed by atoms with Crippen molar-refractivity contribution in [1.82, 2.24) is 15.0 Å². The molecule has 4 heterocycles. The van der Waals surface area contributed by atoms with Gasteiger partial charge in [0.25, 0.3) is 0 Å². The smallest absolute Gasteiger partial charge is 0.450 e. The molecular weight excluding hydrogens is 357 g/mol. The van der Waals surface area contributed by atoms with E-state index in [4.69, 9.17) is 15.0 Å². The molecule has 0 aliphatic carbocycles.